The van der Waals surface area contributed by atoms with E-state index in [0.29, 0.717) is 18.6 Å². The van der Waals surface area contributed by atoms with E-state index in [1.165, 1.54) is 12.1 Å². The molecule has 0 saturated carbocycles. The van der Waals surface area contributed by atoms with Gasteiger partial charge in [0.2, 0.25) is 5.88 Å². The van der Waals surface area contributed by atoms with Gasteiger partial charge in [0.05, 0.1) is 4.92 Å². The Kier molecular flexibility index (Phi) is 5.02. The average molecular weight is 302 g/mol. The lowest BCUT2D eigenvalue weighted by atomic mass is 10.1. The highest BCUT2D eigenvalue weighted by atomic mass is 16.6. The van der Waals surface area contributed by atoms with E-state index < -0.39 is 10.9 Å². The second-order valence-electron chi connectivity index (χ2n) is 4.61. The molecule has 0 bridgehead atoms. The molecule has 0 unspecified atom stereocenters. The van der Waals surface area contributed by atoms with Gasteiger partial charge in [0.1, 0.15) is 11.9 Å². The SMILES string of the molecule is O=C(O)CCCc1ccc(Oc2ccc([N+](=O)[O-])cn2)cc1. The molecule has 2 aromatic rings. The number of ether oxygens (including phenoxy) is 1. The van der Waals surface area contributed by atoms with Crippen LogP contribution in [0, 0.1) is 10.1 Å². The highest BCUT2D eigenvalue weighted by molar-refractivity contribution is 5.66. The maximum atomic E-state index is 10.5. The molecule has 7 heteroatoms. The lowest BCUT2D eigenvalue weighted by molar-refractivity contribution is -0.385. The summed E-state index contributed by atoms with van der Waals surface area (Å²) in [7, 11) is 0. The van der Waals surface area contributed by atoms with Crippen LogP contribution in [0.25, 0.3) is 0 Å². The maximum Gasteiger partial charge on any atom is 0.303 e. The van der Waals surface area contributed by atoms with Crippen LogP contribution in [0.4, 0.5) is 5.69 Å². The summed E-state index contributed by atoms with van der Waals surface area (Å²) in [6, 6.07) is 9.95. The summed E-state index contributed by atoms with van der Waals surface area (Å²) in [5.74, 6) is 0.0248. The van der Waals surface area contributed by atoms with Gasteiger partial charge < -0.3 is 9.84 Å². The van der Waals surface area contributed by atoms with Gasteiger partial charge >= 0.3 is 5.97 Å². The number of carboxylic acids is 1. The first-order valence-electron chi connectivity index (χ1n) is 6.63. The molecule has 0 atom stereocenters. The monoisotopic (exact) mass is 302 g/mol. The molecule has 2 rings (SSSR count). The fourth-order valence-corrected chi connectivity index (χ4v) is 1.83. The molecule has 1 N–H and O–H groups in total. The molecule has 1 aromatic heterocycles. The minimum atomic E-state index is -0.802. The van der Waals surface area contributed by atoms with Gasteiger partial charge in [-0.2, -0.15) is 0 Å². The number of pyridine rings is 1. The van der Waals surface area contributed by atoms with Gasteiger partial charge in [0.25, 0.3) is 5.69 Å². The van der Waals surface area contributed by atoms with E-state index in [0.717, 1.165) is 11.8 Å². The standard InChI is InChI=1S/C15H14N2O5/c18-15(19)3-1-2-11-4-7-13(8-5-11)22-14-9-6-12(10-16-14)17(20)21/h4-10H,1-3H2,(H,18,19). The van der Waals surface area contributed by atoms with Crippen molar-refractivity contribution >= 4 is 11.7 Å². The molecule has 0 aliphatic heterocycles. The summed E-state index contributed by atoms with van der Waals surface area (Å²) in [6.07, 6.45) is 2.54. The highest BCUT2D eigenvalue weighted by Crippen LogP contribution is 2.22. The zero-order valence-corrected chi connectivity index (χ0v) is 11.6. The number of rotatable bonds is 7. The predicted octanol–water partition coefficient (Wildman–Crippen LogP) is 3.19. The van der Waals surface area contributed by atoms with E-state index in [4.69, 9.17) is 9.84 Å². The van der Waals surface area contributed by atoms with Crippen molar-refractivity contribution in [1.82, 2.24) is 4.98 Å². The minimum Gasteiger partial charge on any atom is -0.481 e. The molecule has 22 heavy (non-hydrogen) atoms. The maximum absolute atomic E-state index is 10.5. The van der Waals surface area contributed by atoms with Crippen LogP contribution in [0.3, 0.4) is 0 Å². The number of aliphatic carboxylic acids is 1. The Hall–Kier alpha value is -2.96. The van der Waals surface area contributed by atoms with Crippen molar-refractivity contribution in [2.45, 2.75) is 19.3 Å². The number of aromatic nitrogens is 1. The van der Waals surface area contributed by atoms with Crippen molar-refractivity contribution in [3.05, 3.63) is 58.3 Å². The van der Waals surface area contributed by atoms with Crippen molar-refractivity contribution in [3.8, 4) is 11.6 Å². The lowest BCUT2D eigenvalue weighted by Crippen LogP contribution is -1.96. The smallest absolute Gasteiger partial charge is 0.303 e. The lowest BCUT2D eigenvalue weighted by Gasteiger charge is -2.05. The van der Waals surface area contributed by atoms with E-state index in [1.807, 2.05) is 12.1 Å². The summed E-state index contributed by atoms with van der Waals surface area (Å²) in [4.78, 5) is 24.3. The second-order valence-corrected chi connectivity index (χ2v) is 4.61. The third-order valence-corrected chi connectivity index (χ3v) is 2.93. The van der Waals surface area contributed by atoms with Crippen molar-refractivity contribution in [3.63, 3.8) is 0 Å². The molecule has 0 aliphatic carbocycles. The van der Waals surface area contributed by atoms with Gasteiger partial charge in [0, 0.05) is 18.6 Å². The Morgan fingerprint density at radius 1 is 1.23 bits per heavy atom. The van der Waals surface area contributed by atoms with Crippen molar-refractivity contribution in [2.24, 2.45) is 0 Å². The van der Waals surface area contributed by atoms with Crippen LogP contribution < -0.4 is 4.74 Å². The molecule has 1 aromatic carbocycles. The van der Waals surface area contributed by atoms with Crippen LogP contribution in [-0.2, 0) is 11.2 Å². The van der Waals surface area contributed by atoms with Gasteiger partial charge in [-0.3, -0.25) is 14.9 Å². The molecule has 7 nitrogen and oxygen atoms in total. The third kappa shape index (κ3) is 4.55. The highest BCUT2D eigenvalue weighted by Gasteiger charge is 2.06. The van der Waals surface area contributed by atoms with Gasteiger partial charge in [-0.05, 0) is 30.5 Å². The van der Waals surface area contributed by atoms with E-state index in [9.17, 15) is 14.9 Å². The molecule has 114 valence electrons. The molecule has 0 aliphatic rings. The molecule has 0 amide bonds. The van der Waals surface area contributed by atoms with Crippen molar-refractivity contribution < 1.29 is 19.6 Å². The number of hydrogen-bond acceptors (Lipinski definition) is 5. The molecule has 0 spiro atoms. The van der Waals surface area contributed by atoms with Gasteiger partial charge in [-0.1, -0.05) is 12.1 Å². The Morgan fingerprint density at radius 2 is 1.95 bits per heavy atom. The quantitative estimate of drug-likeness (QED) is 0.622. The number of hydrogen-bond donors (Lipinski definition) is 1. The van der Waals surface area contributed by atoms with E-state index in [-0.39, 0.29) is 18.0 Å². The number of carboxylic acid groups (broad SMARTS) is 1. The molecule has 0 saturated heterocycles. The van der Waals surface area contributed by atoms with Gasteiger partial charge in [-0.15, -0.1) is 0 Å². The van der Waals surface area contributed by atoms with Crippen LogP contribution in [0.2, 0.25) is 0 Å². The number of benzene rings is 1. The zero-order chi connectivity index (χ0) is 15.9. The summed E-state index contributed by atoms with van der Waals surface area (Å²) in [5, 5.41) is 19.1. The molecular formula is C15H14N2O5. The predicted molar refractivity (Wildman–Crippen MR) is 78.0 cm³/mol. The second kappa shape index (κ2) is 7.16. The van der Waals surface area contributed by atoms with Crippen LogP contribution >= 0.6 is 0 Å². The molecule has 0 radical (unpaired) electrons. The fraction of sp³-hybridized carbons (Fsp3) is 0.200. The van der Waals surface area contributed by atoms with E-state index >= 15 is 0 Å². The number of nitro groups is 1. The van der Waals surface area contributed by atoms with Gasteiger partial charge in [0.15, 0.2) is 0 Å². The first kappa shape index (κ1) is 15.4. The summed E-state index contributed by atoms with van der Waals surface area (Å²) < 4.78 is 5.48. The number of carbonyl (C=O) groups is 1. The minimum absolute atomic E-state index is 0.0962. The van der Waals surface area contributed by atoms with Crippen LogP contribution in [0.1, 0.15) is 18.4 Å². The first-order valence-corrected chi connectivity index (χ1v) is 6.63. The summed E-state index contributed by atoms with van der Waals surface area (Å²) >= 11 is 0. The normalized spacial score (nSPS) is 10.2. The van der Waals surface area contributed by atoms with Crippen LogP contribution in [0.5, 0.6) is 11.6 Å². The molecule has 1 heterocycles. The van der Waals surface area contributed by atoms with Crippen molar-refractivity contribution in [2.75, 3.05) is 0 Å². The van der Waals surface area contributed by atoms with E-state index in [1.54, 1.807) is 12.1 Å². The number of aryl methyl sites for hydroxylation is 1. The third-order valence-electron chi connectivity index (χ3n) is 2.93. The Bertz CT molecular complexity index is 653. The largest absolute Gasteiger partial charge is 0.481 e. The van der Waals surface area contributed by atoms with Crippen LogP contribution in [-0.4, -0.2) is 21.0 Å². The fourth-order valence-electron chi connectivity index (χ4n) is 1.83. The summed E-state index contributed by atoms with van der Waals surface area (Å²) in [6.45, 7) is 0. The molecule has 0 fully saturated rings. The van der Waals surface area contributed by atoms with Crippen LogP contribution in [0.15, 0.2) is 42.6 Å². The average Bonchev–Trinajstić information content (AvgIpc) is 2.49. The first-order chi connectivity index (χ1) is 10.5. The Balaban J connectivity index is 1.93. The zero-order valence-electron chi connectivity index (χ0n) is 11.6. The Labute approximate surface area is 126 Å². The van der Waals surface area contributed by atoms with Crippen molar-refractivity contribution in [1.29, 1.82) is 0 Å². The summed E-state index contributed by atoms with van der Waals surface area (Å²) in [5.41, 5.74) is 0.923. The Morgan fingerprint density at radius 3 is 2.50 bits per heavy atom. The topological polar surface area (TPSA) is 103 Å². The van der Waals surface area contributed by atoms with E-state index in [2.05, 4.69) is 4.98 Å². The molecular weight excluding hydrogens is 288 g/mol. The number of nitrogens with zero attached hydrogens (tertiary/aromatic N) is 2. The van der Waals surface area contributed by atoms with Gasteiger partial charge in [-0.25, -0.2) is 4.98 Å².